The van der Waals surface area contributed by atoms with Crippen LogP contribution in [0.15, 0.2) is 60.7 Å². The van der Waals surface area contributed by atoms with Crippen LogP contribution in [-0.4, -0.2) is 38.2 Å². The SMILES string of the molecule is COC(=O)C[C@@H](c1cccc(OCc2ccc(-c3cc(OC)ccc3F)c(CN3CCCC3)c2)c1)C1CC1. The van der Waals surface area contributed by atoms with E-state index in [0.717, 1.165) is 60.5 Å². The second-order valence-corrected chi connectivity index (χ2v) is 10.4. The summed E-state index contributed by atoms with van der Waals surface area (Å²) in [4.78, 5) is 14.4. The van der Waals surface area contributed by atoms with Crippen LogP contribution in [0.5, 0.6) is 11.5 Å². The average Bonchev–Trinajstić information content (AvgIpc) is 3.66. The molecule has 1 atom stereocenters. The topological polar surface area (TPSA) is 48.0 Å². The average molecular weight is 518 g/mol. The molecule has 1 aliphatic carbocycles. The number of hydrogen-bond acceptors (Lipinski definition) is 5. The molecule has 6 heteroatoms. The molecule has 0 radical (unpaired) electrons. The van der Waals surface area contributed by atoms with Gasteiger partial charge in [0.1, 0.15) is 23.9 Å². The van der Waals surface area contributed by atoms with Crippen molar-refractivity contribution in [2.45, 2.75) is 51.2 Å². The van der Waals surface area contributed by atoms with Crippen molar-refractivity contribution in [2.24, 2.45) is 5.92 Å². The van der Waals surface area contributed by atoms with Crippen LogP contribution in [-0.2, 0) is 22.7 Å². The zero-order chi connectivity index (χ0) is 26.5. The Balaban J connectivity index is 1.36. The van der Waals surface area contributed by atoms with Gasteiger partial charge in [0, 0.05) is 12.1 Å². The van der Waals surface area contributed by atoms with Crippen LogP contribution in [0.1, 0.15) is 54.7 Å². The molecule has 5 rings (SSSR count). The Bertz CT molecular complexity index is 1270. The maximum Gasteiger partial charge on any atom is 0.306 e. The van der Waals surface area contributed by atoms with Crippen molar-refractivity contribution < 1.29 is 23.4 Å². The molecule has 200 valence electrons. The third-order valence-electron chi connectivity index (χ3n) is 7.72. The van der Waals surface area contributed by atoms with Gasteiger partial charge in [-0.2, -0.15) is 0 Å². The molecule has 2 fully saturated rings. The Labute approximate surface area is 224 Å². The molecule has 2 aliphatic rings. The Morgan fingerprint density at radius 1 is 0.974 bits per heavy atom. The number of esters is 1. The maximum absolute atomic E-state index is 14.9. The lowest BCUT2D eigenvalue weighted by atomic mass is 9.91. The summed E-state index contributed by atoms with van der Waals surface area (Å²) in [5, 5.41) is 0. The highest BCUT2D eigenvalue weighted by Crippen LogP contribution is 2.45. The van der Waals surface area contributed by atoms with Gasteiger partial charge in [-0.25, -0.2) is 4.39 Å². The first kappa shape index (κ1) is 26.2. The molecule has 1 saturated heterocycles. The molecule has 38 heavy (non-hydrogen) atoms. The molecule has 0 N–H and O–H groups in total. The van der Waals surface area contributed by atoms with E-state index in [4.69, 9.17) is 14.2 Å². The number of likely N-dealkylation sites (tertiary alicyclic amines) is 1. The van der Waals surface area contributed by atoms with Crippen molar-refractivity contribution in [3.05, 3.63) is 83.2 Å². The minimum atomic E-state index is -0.258. The highest BCUT2D eigenvalue weighted by atomic mass is 19.1. The Kier molecular flexibility index (Phi) is 8.28. The minimum Gasteiger partial charge on any atom is -0.497 e. The highest BCUT2D eigenvalue weighted by molar-refractivity contribution is 5.71. The van der Waals surface area contributed by atoms with E-state index in [1.54, 1.807) is 19.2 Å². The third kappa shape index (κ3) is 6.36. The lowest BCUT2D eigenvalue weighted by Gasteiger charge is -2.20. The zero-order valence-corrected chi connectivity index (χ0v) is 22.3. The Morgan fingerprint density at radius 2 is 1.79 bits per heavy atom. The van der Waals surface area contributed by atoms with Crippen molar-refractivity contribution in [1.82, 2.24) is 4.90 Å². The molecule has 5 nitrogen and oxygen atoms in total. The molecule has 3 aromatic carbocycles. The van der Waals surface area contributed by atoms with Crippen LogP contribution < -0.4 is 9.47 Å². The highest BCUT2D eigenvalue weighted by Gasteiger charge is 2.34. The van der Waals surface area contributed by atoms with E-state index in [2.05, 4.69) is 23.1 Å². The first-order valence-electron chi connectivity index (χ1n) is 13.5. The van der Waals surface area contributed by atoms with E-state index < -0.39 is 0 Å². The molecular weight excluding hydrogens is 481 g/mol. The van der Waals surface area contributed by atoms with Crippen LogP contribution in [0.25, 0.3) is 11.1 Å². The number of carbonyl (C=O) groups is 1. The van der Waals surface area contributed by atoms with Crippen LogP contribution in [0.4, 0.5) is 4.39 Å². The second kappa shape index (κ2) is 12.0. The summed E-state index contributed by atoms with van der Waals surface area (Å²) in [6, 6.07) is 19.1. The van der Waals surface area contributed by atoms with E-state index in [-0.39, 0.29) is 17.7 Å². The van der Waals surface area contributed by atoms with Crippen LogP contribution in [0, 0.1) is 11.7 Å². The standard InChI is InChI=1S/C32H36FNO4/c1-36-26-11-13-31(33)30(18-26)28-12-8-22(16-25(28)20-34-14-3-4-15-34)21-38-27-7-5-6-24(17-27)29(23-9-10-23)19-32(35)37-2/h5-8,11-13,16-18,23,29H,3-4,9-10,14-15,19-21H2,1-2H3/t29-/m1/s1. The van der Waals surface area contributed by atoms with Gasteiger partial charge in [-0.05, 0) is 103 Å². The lowest BCUT2D eigenvalue weighted by Crippen LogP contribution is -2.19. The molecular formula is C32H36FNO4. The first-order valence-corrected chi connectivity index (χ1v) is 13.5. The summed E-state index contributed by atoms with van der Waals surface area (Å²) < 4.78 is 31.4. The van der Waals surface area contributed by atoms with Crippen LogP contribution >= 0.6 is 0 Å². The number of rotatable bonds is 11. The zero-order valence-electron chi connectivity index (χ0n) is 22.3. The third-order valence-corrected chi connectivity index (χ3v) is 7.72. The molecule has 0 amide bonds. The molecule has 3 aromatic rings. The van der Waals surface area contributed by atoms with Gasteiger partial charge in [0.05, 0.1) is 20.6 Å². The maximum atomic E-state index is 14.9. The summed E-state index contributed by atoms with van der Waals surface area (Å²) in [5.41, 5.74) is 4.67. The van der Waals surface area contributed by atoms with E-state index in [0.29, 0.717) is 30.3 Å². The minimum absolute atomic E-state index is 0.162. The summed E-state index contributed by atoms with van der Waals surface area (Å²) in [7, 11) is 3.04. The number of ether oxygens (including phenoxy) is 3. The van der Waals surface area contributed by atoms with Gasteiger partial charge in [-0.1, -0.05) is 30.3 Å². The summed E-state index contributed by atoms with van der Waals surface area (Å²) >= 11 is 0. The van der Waals surface area contributed by atoms with Gasteiger partial charge in [0.25, 0.3) is 0 Å². The predicted octanol–water partition coefficient (Wildman–Crippen LogP) is 6.73. The summed E-state index contributed by atoms with van der Waals surface area (Å²) in [6.45, 7) is 3.29. The lowest BCUT2D eigenvalue weighted by molar-refractivity contribution is -0.141. The quantitative estimate of drug-likeness (QED) is 0.264. The van der Waals surface area contributed by atoms with Crippen molar-refractivity contribution in [3.8, 4) is 22.6 Å². The van der Waals surface area contributed by atoms with Crippen LogP contribution in [0.3, 0.4) is 0 Å². The van der Waals surface area contributed by atoms with E-state index in [9.17, 15) is 9.18 Å². The second-order valence-electron chi connectivity index (χ2n) is 10.4. The number of hydrogen-bond donors (Lipinski definition) is 0. The number of methoxy groups -OCH3 is 2. The molecule has 0 spiro atoms. The van der Waals surface area contributed by atoms with E-state index in [1.807, 2.05) is 24.3 Å². The molecule has 0 bridgehead atoms. The molecule has 0 aromatic heterocycles. The first-order chi connectivity index (χ1) is 18.5. The summed E-state index contributed by atoms with van der Waals surface area (Å²) in [5.74, 6) is 1.68. The summed E-state index contributed by atoms with van der Waals surface area (Å²) in [6.07, 6.45) is 5.08. The molecule has 0 unspecified atom stereocenters. The fourth-order valence-electron chi connectivity index (χ4n) is 5.47. The number of halogens is 1. The van der Waals surface area contributed by atoms with Crippen LogP contribution in [0.2, 0.25) is 0 Å². The molecule has 1 saturated carbocycles. The normalized spacial score (nSPS) is 16.3. The monoisotopic (exact) mass is 517 g/mol. The smallest absolute Gasteiger partial charge is 0.306 e. The predicted molar refractivity (Wildman–Crippen MR) is 146 cm³/mol. The number of carbonyl (C=O) groups excluding carboxylic acids is 1. The largest absolute Gasteiger partial charge is 0.497 e. The van der Waals surface area contributed by atoms with E-state index >= 15 is 0 Å². The van der Waals surface area contributed by atoms with Gasteiger partial charge >= 0.3 is 5.97 Å². The van der Waals surface area contributed by atoms with E-state index in [1.165, 1.54) is 26.0 Å². The fourth-order valence-corrected chi connectivity index (χ4v) is 5.47. The van der Waals surface area contributed by atoms with Gasteiger partial charge in [0.2, 0.25) is 0 Å². The number of benzene rings is 3. The fraction of sp³-hybridized carbons (Fsp3) is 0.406. The Hall–Kier alpha value is -3.38. The van der Waals surface area contributed by atoms with Gasteiger partial charge in [0.15, 0.2) is 0 Å². The Morgan fingerprint density at radius 3 is 2.53 bits per heavy atom. The van der Waals surface area contributed by atoms with Crippen molar-refractivity contribution in [1.29, 1.82) is 0 Å². The van der Waals surface area contributed by atoms with Gasteiger partial charge in [-0.3, -0.25) is 9.69 Å². The van der Waals surface area contributed by atoms with Crippen molar-refractivity contribution in [3.63, 3.8) is 0 Å². The van der Waals surface area contributed by atoms with Crippen molar-refractivity contribution in [2.75, 3.05) is 27.3 Å². The molecule has 1 heterocycles. The number of nitrogens with zero attached hydrogens (tertiary/aromatic N) is 1. The van der Waals surface area contributed by atoms with Crippen molar-refractivity contribution >= 4 is 5.97 Å². The van der Waals surface area contributed by atoms with Gasteiger partial charge < -0.3 is 14.2 Å². The molecule has 1 aliphatic heterocycles. The van der Waals surface area contributed by atoms with Gasteiger partial charge in [-0.15, -0.1) is 0 Å².